The van der Waals surface area contributed by atoms with Crippen LogP contribution >= 0.6 is 0 Å². The third kappa shape index (κ3) is 6.25. The van der Waals surface area contributed by atoms with E-state index in [4.69, 9.17) is 9.84 Å². The normalized spacial score (nSPS) is 15.7. The third-order valence-electron chi connectivity index (χ3n) is 5.42. The fourth-order valence-corrected chi connectivity index (χ4v) is 3.87. The van der Waals surface area contributed by atoms with E-state index in [2.05, 4.69) is 10.3 Å². The molecule has 11 heteroatoms. The van der Waals surface area contributed by atoms with Gasteiger partial charge in [-0.15, -0.1) is 0 Å². The molecule has 3 rings (SSSR count). The van der Waals surface area contributed by atoms with Crippen molar-refractivity contribution in [2.75, 3.05) is 31.5 Å². The van der Waals surface area contributed by atoms with Crippen LogP contribution in [0.25, 0.3) is 10.9 Å². The van der Waals surface area contributed by atoms with E-state index in [1.807, 2.05) is 4.90 Å². The summed E-state index contributed by atoms with van der Waals surface area (Å²) in [5, 5.41) is 22.0. The van der Waals surface area contributed by atoms with Crippen LogP contribution in [-0.4, -0.2) is 80.7 Å². The molecule has 0 saturated carbocycles. The summed E-state index contributed by atoms with van der Waals surface area (Å²) in [5.41, 5.74) is 1.10. The lowest BCUT2D eigenvalue weighted by atomic mass is 10.0. The van der Waals surface area contributed by atoms with E-state index >= 15 is 0 Å². The molecule has 2 aromatic rings. The molecule has 4 N–H and O–H groups in total. The van der Waals surface area contributed by atoms with Crippen LogP contribution in [0.2, 0.25) is 0 Å². The second-order valence-electron chi connectivity index (χ2n) is 9.19. The molecule has 1 atom stereocenters. The van der Waals surface area contributed by atoms with Crippen molar-refractivity contribution in [2.45, 2.75) is 45.3 Å². The molecule has 1 saturated heterocycles. The molecule has 1 aliphatic rings. The lowest BCUT2D eigenvalue weighted by Gasteiger charge is -2.38. The predicted octanol–water partition coefficient (Wildman–Crippen LogP) is 2.65. The van der Waals surface area contributed by atoms with Gasteiger partial charge in [0, 0.05) is 61.0 Å². The van der Waals surface area contributed by atoms with Crippen molar-refractivity contribution in [3.8, 4) is 0 Å². The number of carbonyl (C=O) groups excluding carboxylic acids is 2. The topological polar surface area (TPSA) is 152 Å². The molecule has 2 amide bonds. The van der Waals surface area contributed by atoms with Gasteiger partial charge in [-0.05, 0) is 32.9 Å². The molecule has 0 spiro atoms. The Morgan fingerprint density at radius 1 is 1.09 bits per heavy atom. The lowest BCUT2D eigenvalue weighted by molar-refractivity contribution is -0.144. The molecule has 1 aromatic carbocycles. The van der Waals surface area contributed by atoms with Crippen LogP contribution in [0.4, 0.5) is 10.5 Å². The molecule has 11 nitrogen and oxygen atoms in total. The van der Waals surface area contributed by atoms with E-state index in [-0.39, 0.29) is 12.8 Å². The van der Waals surface area contributed by atoms with Crippen molar-refractivity contribution in [1.29, 1.82) is 0 Å². The van der Waals surface area contributed by atoms with Gasteiger partial charge in [0.2, 0.25) is 5.91 Å². The number of carboxylic acid groups (broad SMARTS) is 2. The number of anilines is 1. The Bertz CT molecular complexity index is 1080. The van der Waals surface area contributed by atoms with Gasteiger partial charge in [-0.2, -0.15) is 0 Å². The zero-order chi connectivity index (χ0) is 25.0. The van der Waals surface area contributed by atoms with Gasteiger partial charge in [0.05, 0.1) is 6.42 Å². The van der Waals surface area contributed by atoms with Crippen LogP contribution in [0.5, 0.6) is 0 Å². The molecule has 0 radical (unpaired) electrons. The Kier molecular flexibility index (Phi) is 7.45. The summed E-state index contributed by atoms with van der Waals surface area (Å²) in [7, 11) is 0. The zero-order valence-corrected chi connectivity index (χ0v) is 19.5. The number of hydrogen-bond acceptors (Lipinski definition) is 6. The van der Waals surface area contributed by atoms with E-state index in [0.717, 1.165) is 0 Å². The summed E-state index contributed by atoms with van der Waals surface area (Å²) in [5.74, 6) is -2.47. The maximum Gasteiger partial charge on any atom is 0.410 e. The van der Waals surface area contributed by atoms with E-state index < -0.39 is 35.6 Å². The number of carbonyl (C=O) groups is 4. The molecule has 0 aliphatic carbocycles. The minimum absolute atomic E-state index is 0.139. The van der Waals surface area contributed by atoms with Crippen LogP contribution in [-0.2, 0) is 19.1 Å². The summed E-state index contributed by atoms with van der Waals surface area (Å²) >= 11 is 0. The van der Waals surface area contributed by atoms with Crippen molar-refractivity contribution in [3.63, 3.8) is 0 Å². The van der Waals surface area contributed by atoms with Crippen LogP contribution < -0.4 is 5.32 Å². The molecule has 1 aliphatic heterocycles. The van der Waals surface area contributed by atoms with E-state index in [1.165, 1.54) is 0 Å². The Labute approximate surface area is 196 Å². The second kappa shape index (κ2) is 10.1. The fraction of sp³-hybridized carbons (Fsp3) is 0.478. The minimum atomic E-state index is -1.05. The molecule has 184 valence electrons. The molecule has 2 heterocycles. The van der Waals surface area contributed by atoms with Gasteiger partial charge in [-0.1, -0.05) is 6.07 Å². The quantitative estimate of drug-likeness (QED) is 0.478. The van der Waals surface area contributed by atoms with E-state index in [0.29, 0.717) is 48.3 Å². The van der Waals surface area contributed by atoms with Gasteiger partial charge < -0.3 is 30.2 Å². The summed E-state index contributed by atoms with van der Waals surface area (Å²) < 4.78 is 5.40. The Morgan fingerprint density at radius 3 is 2.35 bits per heavy atom. The number of aliphatic carboxylic acids is 2. The van der Waals surface area contributed by atoms with Gasteiger partial charge in [0.15, 0.2) is 0 Å². The summed E-state index contributed by atoms with van der Waals surface area (Å²) in [6, 6.07) is 4.14. The second-order valence-corrected chi connectivity index (χ2v) is 9.19. The smallest absolute Gasteiger partial charge is 0.410 e. The molecule has 0 bridgehead atoms. The number of carboxylic acids is 2. The van der Waals surface area contributed by atoms with Crippen molar-refractivity contribution >= 4 is 40.5 Å². The maximum atomic E-state index is 12.3. The zero-order valence-electron chi connectivity index (χ0n) is 19.5. The van der Waals surface area contributed by atoms with Gasteiger partial charge >= 0.3 is 18.0 Å². The summed E-state index contributed by atoms with van der Waals surface area (Å²) in [6.07, 6.45) is 0.825. The molecular weight excluding hydrogens is 444 g/mol. The highest BCUT2D eigenvalue weighted by molar-refractivity contribution is 5.96. The standard InChI is InChI=1S/C23H30N4O7/c1-23(2,3)34-22(33)27-10-8-26(9-11-27)20(21(31)32)16-13-24-17-12-14(4-5-15(16)17)25-18(28)6-7-19(29)30/h4-5,12-13,20,24H,6-11H2,1-3H3,(H,25,28)(H,29,30)(H,31,32)/t20-/m0/s1. The SMILES string of the molecule is CC(C)(C)OC(=O)N1CCN([C@H](C(=O)O)c2c[nH]c3cc(NC(=O)CCC(=O)O)ccc23)CC1. The van der Waals surface area contributed by atoms with Crippen molar-refractivity contribution < 1.29 is 34.1 Å². The number of ether oxygens (including phenoxy) is 1. The highest BCUT2D eigenvalue weighted by atomic mass is 16.6. The van der Waals surface area contributed by atoms with Crippen molar-refractivity contribution in [2.24, 2.45) is 0 Å². The molecule has 34 heavy (non-hydrogen) atoms. The van der Waals surface area contributed by atoms with Gasteiger partial charge in [0.1, 0.15) is 11.6 Å². The largest absolute Gasteiger partial charge is 0.481 e. The number of hydrogen-bond donors (Lipinski definition) is 4. The average molecular weight is 475 g/mol. The summed E-state index contributed by atoms with van der Waals surface area (Å²) in [6.45, 7) is 6.85. The Morgan fingerprint density at radius 2 is 1.76 bits per heavy atom. The number of benzene rings is 1. The number of piperazine rings is 1. The van der Waals surface area contributed by atoms with E-state index in [1.54, 1.807) is 50.1 Å². The Balaban J connectivity index is 1.71. The number of fused-ring (bicyclic) bond motifs is 1. The van der Waals surface area contributed by atoms with Crippen molar-refractivity contribution in [1.82, 2.24) is 14.8 Å². The van der Waals surface area contributed by atoms with Gasteiger partial charge in [-0.3, -0.25) is 19.3 Å². The number of rotatable bonds is 7. The highest BCUT2D eigenvalue weighted by Gasteiger charge is 2.34. The summed E-state index contributed by atoms with van der Waals surface area (Å²) in [4.78, 5) is 53.5. The number of H-pyrrole nitrogens is 1. The van der Waals surface area contributed by atoms with Gasteiger partial charge in [0.25, 0.3) is 0 Å². The first-order valence-corrected chi connectivity index (χ1v) is 11.0. The number of nitrogens with zero attached hydrogens (tertiary/aromatic N) is 2. The first-order chi connectivity index (χ1) is 15.9. The monoisotopic (exact) mass is 474 g/mol. The fourth-order valence-electron chi connectivity index (χ4n) is 3.87. The first-order valence-electron chi connectivity index (χ1n) is 11.0. The first kappa shape index (κ1) is 25.0. The Hall–Kier alpha value is -3.60. The highest BCUT2D eigenvalue weighted by Crippen LogP contribution is 2.31. The van der Waals surface area contributed by atoms with Crippen LogP contribution in [0, 0.1) is 0 Å². The molecule has 1 fully saturated rings. The van der Waals surface area contributed by atoms with Crippen molar-refractivity contribution in [3.05, 3.63) is 30.0 Å². The molecule has 1 aromatic heterocycles. The molecular formula is C23H30N4O7. The number of aromatic amines is 1. The van der Waals surface area contributed by atoms with Crippen LogP contribution in [0.3, 0.4) is 0 Å². The van der Waals surface area contributed by atoms with Crippen LogP contribution in [0.1, 0.15) is 45.2 Å². The number of nitrogens with one attached hydrogen (secondary N) is 2. The van der Waals surface area contributed by atoms with Gasteiger partial charge in [-0.25, -0.2) is 4.79 Å². The number of amides is 2. The van der Waals surface area contributed by atoms with Crippen LogP contribution in [0.15, 0.2) is 24.4 Å². The minimum Gasteiger partial charge on any atom is -0.481 e. The van der Waals surface area contributed by atoms with E-state index in [9.17, 15) is 24.3 Å². The maximum absolute atomic E-state index is 12.3. The third-order valence-corrected chi connectivity index (χ3v) is 5.42. The molecule has 0 unspecified atom stereocenters. The number of aromatic nitrogens is 1. The predicted molar refractivity (Wildman–Crippen MR) is 124 cm³/mol. The average Bonchev–Trinajstić information content (AvgIpc) is 3.14. The lowest BCUT2D eigenvalue weighted by Crippen LogP contribution is -2.51.